The number of amides is 2. The average Bonchev–Trinajstić information content (AvgIpc) is 2.68. The zero-order chi connectivity index (χ0) is 20.5. The molecule has 0 radical (unpaired) electrons. The second-order valence-corrected chi connectivity index (χ2v) is 7.45. The molecule has 0 aliphatic heterocycles. The summed E-state index contributed by atoms with van der Waals surface area (Å²) in [7, 11) is 1.56. The van der Waals surface area contributed by atoms with E-state index in [0.29, 0.717) is 29.2 Å². The third kappa shape index (κ3) is 6.81. The summed E-state index contributed by atoms with van der Waals surface area (Å²) < 4.78 is 17.6. The lowest BCUT2D eigenvalue weighted by Crippen LogP contribution is -2.44. The molecule has 9 heteroatoms. The number of hydrogen-bond acceptors (Lipinski definition) is 5. The van der Waals surface area contributed by atoms with Crippen LogP contribution in [0, 0.1) is 6.92 Å². The SMILES string of the molecule is COCCOc1ccc(Br)cc1C(=O)NNC(=O)COc1ccc(Br)c(C)c1. The largest absolute Gasteiger partial charge is 0.490 e. The molecule has 2 aromatic rings. The molecule has 7 nitrogen and oxygen atoms in total. The van der Waals surface area contributed by atoms with Crippen molar-refractivity contribution in [3.8, 4) is 11.5 Å². The molecule has 0 atom stereocenters. The summed E-state index contributed by atoms with van der Waals surface area (Å²) in [5.41, 5.74) is 5.94. The Bertz CT molecular complexity index is 845. The molecule has 2 rings (SSSR count). The summed E-state index contributed by atoms with van der Waals surface area (Å²) in [6.07, 6.45) is 0. The van der Waals surface area contributed by atoms with E-state index in [1.54, 1.807) is 37.4 Å². The first-order valence-electron chi connectivity index (χ1n) is 8.30. The summed E-state index contributed by atoms with van der Waals surface area (Å²) in [6.45, 7) is 2.37. The molecule has 0 aliphatic rings. The van der Waals surface area contributed by atoms with Crippen molar-refractivity contribution in [2.75, 3.05) is 26.9 Å². The van der Waals surface area contributed by atoms with Gasteiger partial charge in [0.05, 0.1) is 12.2 Å². The van der Waals surface area contributed by atoms with E-state index >= 15 is 0 Å². The van der Waals surface area contributed by atoms with E-state index in [0.717, 1.165) is 10.0 Å². The Balaban J connectivity index is 1.89. The van der Waals surface area contributed by atoms with Gasteiger partial charge in [0.25, 0.3) is 11.8 Å². The second-order valence-electron chi connectivity index (χ2n) is 5.68. The Morgan fingerprint density at radius 1 is 1.00 bits per heavy atom. The molecule has 0 saturated heterocycles. The molecule has 0 saturated carbocycles. The molecule has 0 bridgehead atoms. The number of benzene rings is 2. The van der Waals surface area contributed by atoms with Gasteiger partial charge in [0.1, 0.15) is 18.1 Å². The van der Waals surface area contributed by atoms with E-state index in [9.17, 15) is 9.59 Å². The van der Waals surface area contributed by atoms with Crippen LogP contribution >= 0.6 is 31.9 Å². The topological polar surface area (TPSA) is 85.9 Å². The quantitative estimate of drug-likeness (QED) is 0.416. The highest BCUT2D eigenvalue weighted by atomic mass is 79.9. The minimum atomic E-state index is -0.512. The minimum Gasteiger partial charge on any atom is -0.490 e. The molecule has 2 amide bonds. The van der Waals surface area contributed by atoms with Crippen LogP contribution < -0.4 is 20.3 Å². The number of ether oxygens (including phenoxy) is 3. The van der Waals surface area contributed by atoms with Gasteiger partial charge in [0.2, 0.25) is 0 Å². The third-order valence-electron chi connectivity index (χ3n) is 3.55. The molecule has 2 N–H and O–H groups in total. The molecule has 0 spiro atoms. The Hall–Kier alpha value is -2.10. The predicted molar refractivity (Wildman–Crippen MR) is 111 cm³/mol. The van der Waals surface area contributed by atoms with Crippen LogP contribution in [0.3, 0.4) is 0 Å². The van der Waals surface area contributed by atoms with Crippen LogP contribution in [-0.2, 0) is 9.53 Å². The number of hydrazine groups is 1. The fourth-order valence-corrected chi connectivity index (χ4v) is 2.73. The Morgan fingerprint density at radius 2 is 1.79 bits per heavy atom. The number of carbonyl (C=O) groups is 2. The fraction of sp³-hybridized carbons (Fsp3) is 0.263. The van der Waals surface area contributed by atoms with Crippen LogP contribution in [0.4, 0.5) is 0 Å². The Morgan fingerprint density at radius 3 is 2.50 bits per heavy atom. The maximum atomic E-state index is 12.4. The number of methoxy groups -OCH3 is 1. The maximum absolute atomic E-state index is 12.4. The summed E-state index contributed by atoms with van der Waals surface area (Å²) in [5, 5.41) is 0. The lowest BCUT2D eigenvalue weighted by Gasteiger charge is -2.13. The molecule has 0 unspecified atom stereocenters. The van der Waals surface area contributed by atoms with Crippen molar-refractivity contribution >= 4 is 43.7 Å². The van der Waals surface area contributed by atoms with Gasteiger partial charge in [0.15, 0.2) is 6.61 Å². The number of hydrogen-bond donors (Lipinski definition) is 2. The van der Waals surface area contributed by atoms with Crippen LogP contribution in [-0.4, -0.2) is 38.7 Å². The molecular formula is C19H20Br2N2O5. The van der Waals surface area contributed by atoms with E-state index < -0.39 is 11.8 Å². The first kappa shape index (κ1) is 22.2. The van der Waals surface area contributed by atoms with Gasteiger partial charge in [-0.05, 0) is 48.9 Å². The zero-order valence-electron chi connectivity index (χ0n) is 15.4. The highest BCUT2D eigenvalue weighted by molar-refractivity contribution is 9.10. The highest BCUT2D eigenvalue weighted by Gasteiger charge is 2.14. The monoisotopic (exact) mass is 514 g/mol. The molecule has 0 heterocycles. The Kier molecular flexibility index (Phi) is 8.75. The lowest BCUT2D eigenvalue weighted by molar-refractivity contribution is -0.123. The summed E-state index contributed by atoms with van der Waals surface area (Å²) in [6, 6.07) is 10.4. The number of nitrogens with one attached hydrogen (secondary N) is 2. The highest BCUT2D eigenvalue weighted by Crippen LogP contribution is 2.23. The van der Waals surface area contributed by atoms with Gasteiger partial charge in [-0.3, -0.25) is 20.4 Å². The van der Waals surface area contributed by atoms with E-state index in [1.807, 2.05) is 13.0 Å². The van der Waals surface area contributed by atoms with Gasteiger partial charge in [-0.25, -0.2) is 0 Å². The van der Waals surface area contributed by atoms with Gasteiger partial charge in [-0.1, -0.05) is 31.9 Å². The molecule has 0 aromatic heterocycles. The smallest absolute Gasteiger partial charge is 0.276 e. The average molecular weight is 516 g/mol. The van der Waals surface area contributed by atoms with E-state index in [-0.39, 0.29) is 12.2 Å². The number of aryl methyl sites for hydroxylation is 1. The number of carbonyl (C=O) groups excluding carboxylic acids is 2. The van der Waals surface area contributed by atoms with Crippen molar-refractivity contribution in [2.24, 2.45) is 0 Å². The predicted octanol–water partition coefficient (Wildman–Crippen LogP) is 3.39. The molecule has 150 valence electrons. The maximum Gasteiger partial charge on any atom is 0.276 e. The van der Waals surface area contributed by atoms with Crippen LogP contribution in [0.15, 0.2) is 45.3 Å². The van der Waals surface area contributed by atoms with Crippen molar-refractivity contribution < 1.29 is 23.8 Å². The fourth-order valence-electron chi connectivity index (χ4n) is 2.13. The minimum absolute atomic E-state index is 0.239. The molecule has 28 heavy (non-hydrogen) atoms. The summed E-state index contributed by atoms with van der Waals surface area (Å²) >= 11 is 6.72. The summed E-state index contributed by atoms with van der Waals surface area (Å²) in [5.74, 6) is -0.0658. The molecule has 2 aromatic carbocycles. The van der Waals surface area contributed by atoms with Crippen molar-refractivity contribution in [3.63, 3.8) is 0 Å². The summed E-state index contributed by atoms with van der Waals surface area (Å²) in [4.78, 5) is 24.4. The van der Waals surface area contributed by atoms with Gasteiger partial charge in [-0.15, -0.1) is 0 Å². The second kappa shape index (κ2) is 11.0. The van der Waals surface area contributed by atoms with Crippen LogP contribution in [0.2, 0.25) is 0 Å². The van der Waals surface area contributed by atoms with Gasteiger partial charge in [-0.2, -0.15) is 0 Å². The molecular weight excluding hydrogens is 496 g/mol. The van der Waals surface area contributed by atoms with E-state index in [1.165, 1.54) is 0 Å². The number of halogens is 2. The lowest BCUT2D eigenvalue weighted by atomic mass is 10.2. The van der Waals surface area contributed by atoms with Crippen molar-refractivity contribution in [1.82, 2.24) is 10.9 Å². The molecule has 0 fully saturated rings. The van der Waals surface area contributed by atoms with Gasteiger partial charge < -0.3 is 14.2 Å². The van der Waals surface area contributed by atoms with E-state index in [4.69, 9.17) is 14.2 Å². The first-order chi connectivity index (χ1) is 13.4. The Labute approximate surface area is 180 Å². The van der Waals surface area contributed by atoms with Crippen molar-refractivity contribution in [1.29, 1.82) is 0 Å². The van der Waals surface area contributed by atoms with Gasteiger partial charge >= 0.3 is 0 Å². The van der Waals surface area contributed by atoms with Gasteiger partial charge in [0, 0.05) is 16.1 Å². The number of rotatable bonds is 8. The van der Waals surface area contributed by atoms with Crippen molar-refractivity contribution in [3.05, 3.63) is 56.5 Å². The van der Waals surface area contributed by atoms with Crippen LogP contribution in [0.25, 0.3) is 0 Å². The van der Waals surface area contributed by atoms with Crippen LogP contribution in [0.1, 0.15) is 15.9 Å². The third-order valence-corrected chi connectivity index (χ3v) is 4.93. The van der Waals surface area contributed by atoms with Crippen LogP contribution in [0.5, 0.6) is 11.5 Å². The first-order valence-corrected chi connectivity index (χ1v) is 9.88. The zero-order valence-corrected chi connectivity index (χ0v) is 18.6. The molecule has 0 aliphatic carbocycles. The van der Waals surface area contributed by atoms with Crippen molar-refractivity contribution in [2.45, 2.75) is 6.92 Å². The standard InChI is InChI=1S/C19H20Br2N2O5/c1-12-9-14(4-5-16(12)21)28-11-18(24)22-23-19(25)15-10-13(20)3-6-17(15)27-8-7-26-2/h3-6,9-10H,7-8,11H2,1-2H3,(H,22,24)(H,23,25). The normalized spacial score (nSPS) is 10.3. The van der Waals surface area contributed by atoms with E-state index in [2.05, 4.69) is 42.7 Å².